The summed E-state index contributed by atoms with van der Waals surface area (Å²) in [6.45, 7) is 2.81. The number of urea groups is 1. The van der Waals surface area contributed by atoms with E-state index >= 15 is 0 Å². The van der Waals surface area contributed by atoms with Crippen LogP contribution in [0.25, 0.3) is 0 Å². The van der Waals surface area contributed by atoms with Crippen LogP contribution in [0.15, 0.2) is 6.20 Å². The molecule has 20 heavy (non-hydrogen) atoms. The number of nitrogens with zero attached hydrogens (tertiary/aromatic N) is 4. The quantitative estimate of drug-likeness (QED) is 0.579. The molecule has 0 unspecified atom stereocenters. The molecular weight excluding hydrogens is 266 g/mol. The van der Waals surface area contributed by atoms with Gasteiger partial charge in [0.25, 0.3) is 0 Å². The number of nitrogens with one attached hydrogen (secondary N) is 1. The molecule has 0 spiro atoms. The van der Waals surface area contributed by atoms with Gasteiger partial charge in [-0.3, -0.25) is 4.79 Å². The zero-order valence-corrected chi connectivity index (χ0v) is 11.3. The Balaban J connectivity index is 2.43. The van der Waals surface area contributed by atoms with Crippen molar-refractivity contribution in [3.05, 3.63) is 11.9 Å². The van der Waals surface area contributed by atoms with Crippen molar-refractivity contribution in [2.24, 2.45) is 0 Å². The van der Waals surface area contributed by atoms with Crippen LogP contribution in [-0.2, 0) is 17.9 Å². The van der Waals surface area contributed by atoms with Gasteiger partial charge in [0.15, 0.2) is 0 Å². The minimum Gasteiger partial charge on any atom is -0.480 e. The number of hydrogen-bond acceptors (Lipinski definition) is 5. The molecule has 2 amide bonds. The number of amides is 2. The van der Waals surface area contributed by atoms with Crippen molar-refractivity contribution < 1.29 is 19.8 Å². The number of carboxylic acid groups (broad SMARTS) is 1. The Hall–Kier alpha value is -2.16. The number of carbonyl (C=O) groups is 2. The van der Waals surface area contributed by atoms with E-state index in [0.29, 0.717) is 25.2 Å². The normalized spacial score (nSPS) is 10.3. The van der Waals surface area contributed by atoms with Crippen LogP contribution in [0.1, 0.15) is 19.0 Å². The predicted octanol–water partition coefficient (Wildman–Crippen LogP) is -0.723. The van der Waals surface area contributed by atoms with Gasteiger partial charge in [0, 0.05) is 19.7 Å². The van der Waals surface area contributed by atoms with Crippen LogP contribution in [0.5, 0.6) is 0 Å². The number of hydrogen-bond donors (Lipinski definition) is 3. The van der Waals surface area contributed by atoms with Crippen LogP contribution >= 0.6 is 0 Å². The van der Waals surface area contributed by atoms with Gasteiger partial charge in [0.05, 0.1) is 12.7 Å². The molecule has 0 aliphatic heterocycles. The van der Waals surface area contributed by atoms with Crippen LogP contribution in [0.3, 0.4) is 0 Å². The van der Waals surface area contributed by atoms with Gasteiger partial charge in [0.1, 0.15) is 12.2 Å². The summed E-state index contributed by atoms with van der Waals surface area (Å²) in [4.78, 5) is 23.9. The predicted molar refractivity (Wildman–Crippen MR) is 68.8 cm³/mol. The average Bonchev–Trinajstić information content (AvgIpc) is 2.84. The van der Waals surface area contributed by atoms with Gasteiger partial charge in [0.2, 0.25) is 0 Å². The third-order valence-corrected chi connectivity index (χ3v) is 2.56. The Morgan fingerprint density at radius 2 is 2.25 bits per heavy atom. The maximum absolute atomic E-state index is 11.8. The maximum atomic E-state index is 11.8. The summed E-state index contributed by atoms with van der Waals surface area (Å²) in [5, 5.41) is 27.4. The Morgan fingerprint density at radius 3 is 2.85 bits per heavy atom. The van der Waals surface area contributed by atoms with E-state index in [1.807, 2.05) is 6.92 Å². The number of aromatic nitrogens is 3. The largest absolute Gasteiger partial charge is 0.480 e. The molecule has 1 aromatic heterocycles. The van der Waals surface area contributed by atoms with Crippen molar-refractivity contribution in [1.82, 2.24) is 25.2 Å². The Bertz CT molecular complexity index is 448. The molecule has 3 N–H and O–H groups in total. The molecule has 0 radical (unpaired) electrons. The highest BCUT2D eigenvalue weighted by atomic mass is 16.4. The van der Waals surface area contributed by atoms with Crippen molar-refractivity contribution in [1.29, 1.82) is 0 Å². The molecule has 0 fully saturated rings. The molecule has 1 aromatic rings. The molecule has 0 aliphatic rings. The molecule has 1 heterocycles. The van der Waals surface area contributed by atoms with Crippen molar-refractivity contribution >= 4 is 12.0 Å². The lowest BCUT2D eigenvalue weighted by Gasteiger charge is -2.20. The fraction of sp³-hybridized carbons (Fsp3) is 0.636. The summed E-state index contributed by atoms with van der Waals surface area (Å²) in [6.07, 6.45) is 1.99. The lowest BCUT2D eigenvalue weighted by molar-refractivity contribution is -0.137. The van der Waals surface area contributed by atoms with E-state index in [9.17, 15) is 9.59 Å². The number of rotatable bonds is 8. The van der Waals surface area contributed by atoms with E-state index in [1.54, 1.807) is 4.90 Å². The maximum Gasteiger partial charge on any atom is 0.325 e. The summed E-state index contributed by atoms with van der Waals surface area (Å²) in [7, 11) is 0. The highest BCUT2D eigenvalue weighted by Crippen LogP contribution is 1.96. The Kier molecular flexibility index (Phi) is 6.44. The number of aliphatic hydroxyl groups is 1. The van der Waals surface area contributed by atoms with Crippen LogP contribution in [0.2, 0.25) is 0 Å². The first-order valence-electron chi connectivity index (χ1n) is 6.31. The smallest absolute Gasteiger partial charge is 0.325 e. The lowest BCUT2D eigenvalue weighted by Crippen LogP contribution is -2.40. The van der Waals surface area contributed by atoms with Gasteiger partial charge in [-0.25, -0.2) is 9.48 Å². The zero-order chi connectivity index (χ0) is 15.0. The third-order valence-electron chi connectivity index (χ3n) is 2.56. The van der Waals surface area contributed by atoms with E-state index in [1.165, 1.54) is 10.9 Å². The van der Waals surface area contributed by atoms with Crippen molar-refractivity contribution in [2.75, 3.05) is 19.7 Å². The number of carbonyl (C=O) groups excluding carboxylic acids is 1. The minimum atomic E-state index is -1.01. The second kappa shape index (κ2) is 8.10. The Labute approximate surface area is 116 Å². The second-order valence-electron chi connectivity index (χ2n) is 4.12. The summed E-state index contributed by atoms with van der Waals surface area (Å²) >= 11 is 0. The van der Waals surface area contributed by atoms with Crippen LogP contribution in [-0.4, -0.2) is 61.8 Å². The molecule has 1 rings (SSSR count). The molecule has 9 nitrogen and oxygen atoms in total. The van der Waals surface area contributed by atoms with Gasteiger partial charge in [-0.15, -0.1) is 5.10 Å². The first-order chi connectivity index (χ1) is 9.56. The number of aliphatic carboxylic acids is 1. The standard InChI is InChI=1S/C11H19N5O4/c1-2-15(4-3-5-17)11(20)12-6-9-7-16(14-13-9)8-10(18)19/h7,17H,2-6,8H2,1H3,(H,12,20)(H,18,19). The van der Waals surface area contributed by atoms with Gasteiger partial charge >= 0.3 is 12.0 Å². The molecule has 0 saturated carbocycles. The van der Waals surface area contributed by atoms with Crippen LogP contribution < -0.4 is 5.32 Å². The SMILES string of the molecule is CCN(CCCO)C(=O)NCc1cn(CC(=O)O)nn1. The molecule has 9 heteroatoms. The molecule has 0 saturated heterocycles. The first-order valence-corrected chi connectivity index (χ1v) is 6.31. The molecule has 0 atom stereocenters. The average molecular weight is 285 g/mol. The summed E-state index contributed by atoms with van der Waals surface area (Å²) < 4.78 is 1.19. The van der Waals surface area contributed by atoms with Gasteiger partial charge in [-0.1, -0.05) is 5.21 Å². The summed E-state index contributed by atoms with van der Waals surface area (Å²) in [5.41, 5.74) is 0.484. The van der Waals surface area contributed by atoms with Crippen molar-refractivity contribution in [2.45, 2.75) is 26.4 Å². The summed E-state index contributed by atoms with van der Waals surface area (Å²) in [5.74, 6) is -1.01. The minimum absolute atomic E-state index is 0.0350. The molecule has 0 aromatic carbocycles. The third kappa shape index (κ3) is 5.22. The highest BCUT2D eigenvalue weighted by molar-refractivity contribution is 5.74. The van der Waals surface area contributed by atoms with Gasteiger partial charge in [-0.2, -0.15) is 0 Å². The monoisotopic (exact) mass is 285 g/mol. The summed E-state index contributed by atoms with van der Waals surface area (Å²) in [6, 6.07) is -0.256. The van der Waals surface area contributed by atoms with E-state index in [-0.39, 0.29) is 25.7 Å². The van der Waals surface area contributed by atoms with Crippen molar-refractivity contribution in [3.8, 4) is 0 Å². The van der Waals surface area contributed by atoms with Crippen molar-refractivity contribution in [3.63, 3.8) is 0 Å². The molecule has 112 valence electrons. The van der Waals surface area contributed by atoms with Gasteiger partial charge in [-0.05, 0) is 13.3 Å². The lowest BCUT2D eigenvalue weighted by atomic mass is 10.4. The van der Waals surface area contributed by atoms with E-state index in [2.05, 4.69) is 15.6 Å². The van der Waals surface area contributed by atoms with E-state index in [0.717, 1.165) is 0 Å². The molecule has 0 aliphatic carbocycles. The second-order valence-corrected chi connectivity index (χ2v) is 4.12. The van der Waals surface area contributed by atoms with E-state index < -0.39 is 5.97 Å². The number of carboxylic acids is 1. The molecule has 0 bridgehead atoms. The first kappa shape index (κ1) is 15.9. The van der Waals surface area contributed by atoms with Crippen LogP contribution in [0, 0.1) is 0 Å². The van der Waals surface area contributed by atoms with E-state index in [4.69, 9.17) is 10.2 Å². The fourth-order valence-corrected chi connectivity index (χ4v) is 1.58. The topological polar surface area (TPSA) is 121 Å². The van der Waals surface area contributed by atoms with Gasteiger partial charge < -0.3 is 20.4 Å². The number of aliphatic hydroxyl groups excluding tert-OH is 1. The fourth-order valence-electron chi connectivity index (χ4n) is 1.58. The highest BCUT2D eigenvalue weighted by Gasteiger charge is 2.11. The molecular formula is C11H19N5O4. The zero-order valence-electron chi connectivity index (χ0n) is 11.3. The van der Waals surface area contributed by atoms with Crippen LogP contribution in [0.4, 0.5) is 4.79 Å². The Morgan fingerprint density at radius 1 is 1.50 bits per heavy atom.